The molecule has 1 aromatic rings. The van der Waals surface area contributed by atoms with Gasteiger partial charge >= 0.3 is 0 Å². The van der Waals surface area contributed by atoms with Crippen LogP contribution in [-0.2, 0) is 0 Å². The molecule has 7 heteroatoms. The molecule has 17 heavy (non-hydrogen) atoms. The average Bonchev–Trinajstić information content (AvgIpc) is 2.22. The summed E-state index contributed by atoms with van der Waals surface area (Å²) in [5.74, 6) is 0.788. The van der Waals surface area contributed by atoms with Crippen LogP contribution in [-0.4, -0.2) is 38.7 Å². The minimum atomic E-state index is -0.837. The molecule has 0 aliphatic carbocycles. The Kier molecular flexibility index (Phi) is 4.89. The topological polar surface area (TPSA) is 83.0 Å². The van der Waals surface area contributed by atoms with Gasteiger partial charge in [-0.05, 0) is 31.9 Å². The van der Waals surface area contributed by atoms with E-state index in [2.05, 4.69) is 25.6 Å². The second-order valence-corrected chi connectivity index (χ2v) is 4.68. The van der Waals surface area contributed by atoms with Crippen molar-refractivity contribution in [2.75, 3.05) is 23.7 Å². The SMILES string of the molecule is CCCNc1nc(Cl)nc(NCC(C)(C)O)n1. The van der Waals surface area contributed by atoms with Crippen LogP contribution < -0.4 is 10.6 Å². The Morgan fingerprint density at radius 2 is 1.76 bits per heavy atom. The van der Waals surface area contributed by atoms with Crippen molar-refractivity contribution in [3.8, 4) is 0 Å². The molecule has 3 N–H and O–H groups in total. The van der Waals surface area contributed by atoms with Crippen molar-refractivity contribution < 1.29 is 5.11 Å². The zero-order chi connectivity index (χ0) is 12.9. The Morgan fingerprint density at radius 3 is 2.29 bits per heavy atom. The predicted octanol–water partition coefficient (Wildman–Crippen LogP) is 1.53. The lowest BCUT2D eigenvalue weighted by molar-refractivity contribution is 0.0943. The van der Waals surface area contributed by atoms with E-state index in [9.17, 15) is 5.11 Å². The summed E-state index contributed by atoms with van der Waals surface area (Å²) < 4.78 is 0. The van der Waals surface area contributed by atoms with E-state index in [1.54, 1.807) is 13.8 Å². The Bertz CT molecular complexity index is 366. The van der Waals surface area contributed by atoms with Crippen LogP contribution in [0.1, 0.15) is 27.2 Å². The van der Waals surface area contributed by atoms with Crippen LogP contribution in [0.15, 0.2) is 0 Å². The largest absolute Gasteiger partial charge is 0.389 e. The zero-order valence-electron chi connectivity index (χ0n) is 10.3. The summed E-state index contributed by atoms with van der Waals surface area (Å²) in [5.41, 5.74) is -0.837. The van der Waals surface area contributed by atoms with E-state index in [0.29, 0.717) is 18.4 Å². The number of anilines is 2. The lowest BCUT2D eigenvalue weighted by Crippen LogP contribution is -2.30. The van der Waals surface area contributed by atoms with E-state index < -0.39 is 5.60 Å². The van der Waals surface area contributed by atoms with Crippen molar-refractivity contribution in [3.05, 3.63) is 5.28 Å². The first-order valence-electron chi connectivity index (χ1n) is 5.52. The molecule has 0 saturated heterocycles. The third-order valence-electron chi connectivity index (χ3n) is 1.82. The molecule has 1 rings (SSSR count). The highest BCUT2D eigenvalue weighted by molar-refractivity contribution is 6.28. The summed E-state index contributed by atoms with van der Waals surface area (Å²) in [6.07, 6.45) is 0.968. The lowest BCUT2D eigenvalue weighted by atomic mass is 10.1. The van der Waals surface area contributed by atoms with E-state index in [4.69, 9.17) is 11.6 Å². The lowest BCUT2D eigenvalue weighted by Gasteiger charge is -2.17. The Morgan fingerprint density at radius 1 is 1.18 bits per heavy atom. The molecule has 0 aromatic carbocycles. The van der Waals surface area contributed by atoms with Crippen molar-refractivity contribution in [2.24, 2.45) is 0 Å². The molecule has 0 radical (unpaired) electrons. The number of nitrogens with one attached hydrogen (secondary N) is 2. The maximum Gasteiger partial charge on any atom is 0.228 e. The van der Waals surface area contributed by atoms with Gasteiger partial charge in [0.15, 0.2) is 0 Å². The predicted molar refractivity (Wildman–Crippen MR) is 68.4 cm³/mol. The van der Waals surface area contributed by atoms with Crippen LogP contribution in [0.2, 0.25) is 5.28 Å². The summed E-state index contributed by atoms with van der Waals surface area (Å²) in [6.45, 7) is 6.53. The van der Waals surface area contributed by atoms with E-state index in [1.165, 1.54) is 0 Å². The molecule has 0 saturated carbocycles. The van der Waals surface area contributed by atoms with E-state index in [0.717, 1.165) is 13.0 Å². The monoisotopic (exact) mass is 259 g/mol. The van der Waals surface area contributed by atoms with Gasteiger partial charge in [0.2, 0.25) is 17.2 Å². The summed E-state index contributed by atoms with van der Waals surface area (Å²) in [7, 11) is 0. The molecule has 1 heterocycles. The highest BCUT2D eigenvalue weighted by atomic mass is 35.5. The number of hydrogen-bond acceptors (Lipinski definition) is 6. The first kappa shape index (κ1) is 13.9. The third kappa shape index (κ3) is 5.65. The molecule has 0 atom stereocenters. The summed E-state index contributed by atoms with van der Waals surface area (Å²) in [4.78, 5) is 12.0. The van der Waals surface area contributed by atoms with Gasteiger partial charge in [0.05, 0.1) is 5.60 Å². The Labute approximate surface area is 106 Å². The summed E-state index contributed by atoms with van der Waals surface area (Å²) in [6, 6.07) is 0. The van der Waals surface area contributed by atoms with E-state index in [-0.39, 0.29) is 5.28 Å². The molecule has 0 unspecified atom stereocenters. The van der Waals surface area contributed by atoms with Crippen LogP contribution in [0.3, 0.4) is 0 Å². The second-order valence-electron chi connectivity index (χ2n) is 4.34. The Hall–Kier alpha value is -1.14. The smallest absolute Gasteiger partial charge is 0.228 e. The molecule has 0 bridgehead atoms. The van der Waals surface area contributed by atoms with Crippen LogP contribution >= 0.6 is 11.6 Å². The number of aromatic nitrogens is 3. The highest BCUT2D eigenvalue weighted by Crippen LogP contribution is 2.10. The molecule has 1 aromatic heterocycles. The van der Waals surface area contributed by atoms with Gasteiger partial charge in [-0.25, -0.2) is 0 Å². The molecule has 0 spiro atoms. The molecule has 0 aliphatic rings. The van der Waals surface area contributed by atoms with Gasteiger partial charge in [-0.15, -0.1) is 0 Å². The molecule has 0 aliphatic heterocycles. The maximum absolute atomic E-state index is 9.58. The fraction of sp³-hybridized carbons (Fsp3) is 0.700. The Balaban J connectivity index is 2.68. The quantitative estimate of drug-likeness (QED) is 0.719. The van der Waals surface area contributed by atoms with Gasteiger partial charge < -0.3 is 15.7 Å². The number of aliphatic hydroxyl groups is 1. The van der Waals surface area contributed by atoms with Gasteiger partial charge in [0.25, 0.3) is 0 Å². The number of hydrogen-bond donors (Lipinski definition) is 3. The highest BCUT2D eigenvalue weighted by Gasteiger charge is 2.13. The zero-order valence-corrected chi connectivity index (χ0v) is 11.0. The fourth-order valence-electron chi connectivity index (χ4n) is 1.04. The molecule has 0 fully saturated rings. The molecular formula is C10H18ClN5O. The molecule has 6 nitrogen and oxygen atoms in total. The first-order chi connectivity index (χ1) is 7.90. The first-order valence-corrected chi connectivity index (χ1v) is 5.90. The standard InChI is InChI=1S/C10H18ClN5O/c1-4-5-12-8-14-7(11)15-9(16-8)13-6-10(2,3)17/h17H,4-6H2,1-3H3,(H2,12,13,14,15,16). The van der Waals surface area contributed by atoms with Crippen LogP contribution in [0, 0.1) is 0 Å². The molecule has 96 valence electrons. The van der Waals surface area contributed by atoms with E-state index >= 15 is 0 Å². The average molecular weight is 260 g/mol. The second kappa shape index (κ2) is 5.97. The summed E-state index contributed by atoms with van der Waals surface area (Å²) in [5, 5.41) is 15.6. The van der Waals surface area contributed by atoms with Crippen LogP contribution in [0.5, 0.6) is 0 Å². The van der Waals surface area contributed by atoms with Crippen molar-refractivity contribution in [3.63, 3.8) is 0 Å². The molecule has 0 amide bonds. The van der Waals surface area contributed by atoms with Crippen LogP contribution in [0.4, 0.5) is 11.9 Å². The van der Waals surface area contributed by atoms with Crippen molar-refractivity contribution >= 4 is 23.5 Å². The minimum Gasteiger partial charge on any atom is -0.389 e. The number of halogens is 1. The third-order valence-corrected chi connectivity index (χ3v) is 1.99. The van der Waals surface area contributed by atoms with E-state index in [1.807, 2.05) is 6.92 Å². The summed E-state index contributed by atoms with van der Waals surface area (Å²) >= 11 is 5.77. The van der Waals surface area contributed by atoms with Crippen molar-refractivity contribution in [1.82, 2.24) is 15.0 Å². The van der Waals surface area contributed by atoms with Gasteiger partial charge in [0, 0.05) is 13.1 Å². The van der Waals surface area contributed by atoms with Gasteiger partial charge in [-0.1, -0.05) is 6.92 Å². The van der Waals surface area contributed by atoms with Gasteiger partial charge in [-0.2, -0.15) is 15.0 Å². The van der Waals surface area contributed by atoms with Crippen LogP contribution in [0.25, 0.3) is 0 Å². The maximum atomic E-state index is 9.58. The number of rotatable bonds is 6. The molecular weight excluding hydrogens is 242 g/mol. The van der Waals surface area contributed by atoms with Gasteiger partial charge in [0.1, 0.15) is 0 Å². The number of nitrogens with zero attached hydrogens (tertiary/aromatic N) is 3. The normalized spacial score (nSPS) is 11.4. The van der Waals surface area contributed by atoms with Gasteiger partial charge in [-0.3, -0.25) is 0 Å². The van der Waals surface area contributed by atoms with Crippen molar-refractivity contribution in [2.45, 2.75) is 32.8 Å². The fourth-order valence-corrected chi connectivity index (χ4v) is 1.20. The van der Waals surface area contributed by atoms with Crippen molar-refractivity contribution in [1.29, 1.82) is 0 Å². The minimum absolute atomic E-state index is 0.122.